The van der Waals surface area contributed by atoms with Crippen LogP contribution >= 0.6 is 11.6 Å². The van der Waals surface area contributed by atoms with Gasteiger partial charge in [0.15, 0.2) is 11.5 Å². The van der Waals surface area contributed by atoms with Crippen molar-refractivity contribution >= 4 is 40.6 Å². The molecule has 1 amide bonds. The van der Waals surface area contributed by atoms with Crippen molar-refractivity contribution < 1.29 is 23.8 Å². The van der Waals surface area contributed by atoms with E-state index in [2.05, 4.69) is 15.5 Å². The monoisotopic (exact) mass is 567 g/mol. The average molecular weight is 568 g/mol. The van der Waals surface area contributed by atoms with E-state index in [0.29, 0.717) is 45.5 Å². The quantitative estimate of drug-likeness (QED) is 0.0875. The number of carbonyl (C=O) groups is 2. The van der Waals surface area contributed by atoms with Gasteiger partial charge in [-0.05, 0) is 67.1 Å². The molecule has 0 aliphatic rings. The first kappa shape index (κ1) is 27.5. The molecule has 8 nitrogen and oxygen atoms in total. The van der Waals surface area contributed by atoms with Crippen molar-refractivity contribution in [1.29, 1.82) is 0 Å². The predicted octanol–water partition coefficient (Wildman–Crippen LogP) is 6.88. The van der Waals surface area contributed by atoms with Gasteiger partial charge < -0.3 is 19.2 Å². The van der Waals surface area contributed by atoms with E-state index in [1.165, 1.54) is 6.21 Å². The van der Waals surface area contributed by atoms with E-state index in [9.17, 15) is 9.59 Å². The van der Waals surface area contributed by atoms with E-state index in [1.54, 1.807) is 55.6 Å². The van der Waals surface area contributed by atoms with Crippen LogP contribution in [-0.2, 0) is 0 Å². The number of aromatic amines is 1. The standard InChI is InChI=1S/C32H26ClN3O5/c1-3-40-28-18-20(12-17-27(28)41-32(38)21-13-15-22(39-2)16-14-21)19-34-36-31(37)30-29(23-8-4-6-10-25(23)33)24-9-5-7-11-26(24)35-30/h4-19,35H,3H2,1-2H3,(H,36,37). The fourth-order valence-corrected chi connectivity index (χ4v) is 4.55. The third kappa shape index (κ3) is 6.08. The number of fused-ring (bicyclic) bond motifs is 1. The molecule has 0 aliphatic heterocycles. The molecule has 0 saturated carbocycles. The second-order valence-electron chi connectivity index (χ2n) is 8.86. The van der Waals surface area contributed by atoms with Crippen molar-refractivity contribution in [2.45, 2.75) is 6.92 Å². The Kier molecular flexibility index (Phi) is 8.31. The third-order valence-electron chi connectivity index (χ3n) is 6.25. The van der Waals surface area contributed by atoms with Gasteiger partial charge >= 0.3 is 5.97 Å². The molecule has 0 saturated heterocycles. The van der Waals surface area contributed by atoms with Gasteiger partial charge in [-0.25, -0.2) is 10.2 Å². The highest BCUT2D eigenvalue weighted by atomic mass is 35.5. The number of nitrogens with one attached hydrogen (secondary N) is 2. The second kappa shape index (κ2) is 12.4. The van der Waals surface area contributed by atoms with Crippen LogP contribution in [0, 0.1) is 0 Å². The Balaban J connectivity index is 1.35. The Hall–Kier alpha value is -5.08. The first-order chi connectivity index (χ1) is 20.0. The smallest absolute Gasteiger partial charge is 0.343 e. The van der Waals surface area contributed by atoms with Crippen molar-refractivity contribution in [1.82, 2.24) is 10.4 Å². The number of ether oxygens (including phenoxy) is 3. The molecule has 206 valence electrons. The number of para-hydroxylation sites is 1. The molecule has 0 aliphatic carbocycles. The Morgan fingerprint density at radius 2 is 1.71 bits per heavy atom. The van der Waals surface area contributed by atoms with Crippen molar-refractivity contribution in [2.24, 2.45) is 5.10 Å². The molecule has 41 heavy (non-hydrogen) atoms. The molecule has 4 aromatic carbocycles. The highest BCUT2D eigenvalue weighted by Gasteiger charge is 2.20. The zero-order valence-electron chi connectivity index (χ0n) is 22.3. The second-order valence-corrected chi connectivity index (χ2v) is 9.26. The van der Waals surface area contributed by atoms with Crippen LogP contribution in [0.5, 0.6) is 17.2 Å². The van der Waals surface area contributed by atoms with Crippen LogP contribution in [-0.4, -0.2) is 36.8 Å². The van der Waals surface area contributed by atoms with Gasteiger partial charge in [0.05, 0.1) is 25.5 Å². The highest BCUT2D eigenvalue weighted by Crippen LogP contribution is 2.36. The summed E-state index contributed by atoms with van der Waals surface area (Å²) in [5.41, 5.74) is 6.16. The largest absolute Gasteiger partial charge is 0.497 e. The molecular formula is C32H26ClN3O5. The number of hydrogen-bond acceptors (Lipinski definition) is 6. The van der Waals surface area contributed by atoms with E-state index >= 15 is 0 Å². The number of nitrogens with zero attached hydrogens (tertiary/aromatic N) is 1. The van der Waals surface area contributed by atoms with Gasteiger partial charge in [0, 0.05) is 27.1 Å². The van der Waals surface area contributed by atoms with E-state index in [1.807, 2.05) is 49.4 Å². The molecule has 0 unspecified atom stereocenters. The molecule has 9 heteroatoms. The molecule has 1 aromatic heterocycles. The number of methoxy groups -OCH3 is 1. The third-order valence-corrected chi connectivity index (χ3v) is 6.58. The number of amides is 1. The summed E-state index contributed by atoms with van der Waals surface area (Å²) in [6, 6.07) is 26.6. The normalized spacial score (nSPS) is 11.0. The van der Waals surface area contributed by atoms with Gasteiger partial charge in [0.1, 0.15) is 11.4 Å². The molecule has 0 fully saturated rings. The van der Waals surface area contributed by atoms with Crippen LogP contribution in [0.3, 0.4) is 0 Å². The van der Waals surface area contributed by atoms with Crippen LogP contribution < -0.4 is 19.6 Å². The lowest BCUT2D eigenvalue weighted by molar-refractivity contribution is 0.0728. The minimum atomic E-state index is -0.532. The van der Waals surface area contributed by atoms with Crippen molar-refractivity contribution in [2.75, 3.05) is 13.7 Å². The number of hydrazone groups is 1. The number of benzene rings is 4. The van der Waals surface area contributed by atoms with Crippen LogP contribution in [0.2, 0.25) is 5.02 Å². The van der Waals surface area contributed by atoms with Crippen molar-refractivity contribution in [3.05, 3.63) is 113 Å². The fraction of sp³-hybridized carbons (Fsp3) is 0.0938. The van der Waals surface area contributed by atoms with Crippen molar-refractivity contribution in [3.63, 3.8) is 0 Å². The molecular weight excluding hydrogens is 542 g/mol. The maximum atomic E-state index is 13.2. The van der Waals surface area contributed by atoms with Crippen LogP contribution in [0.1, 0.15) is 33.3 Å². The number of H-pyrrole nitrogens is 1. The molecule has 0 bridgehead atoms. The first-order valence-electron chi connectivity index (χ1n) is 12.8. The lowest BCUT2D eigenvalue weighted by atomic mass is 10.0. The van der Waals surface area contributed by atoms with Gasteiger partial charge in [-0.1, -0.05) is 48.0 Å². The van der Waals surface area contributed by atoms with Gasteiger partial charge in [-0.15, -0.1) is 0 Å². The Bertz CT molecular complexity index is 1740. The Morgan fingerprint density at radius 1 is 0.951 bits per heavy atom. The minimum absolute atomic E-state index is 0.260. The maximum Gasteiger partial charge on any atom is 0.343 e. The molecule has 5 aromatic rings. The number of esters is 1. The fourth-order valence-electron chi connectivity index (χ4n) is 4.32. The van der Waals surface area contributed by atoms with Crippen LogP contribution in [0.25, 0.3) is 22.0 Å². The summed E-state index contributed by atoms with van der Waals surface area (Å²) >= 11 is 6.49. The molecule has 0 atom stereocenters. The molecule has 0 spiro atoms. The first-order valence-corrected chi connectivity index (χ1v) is 13.2. The van der Waals surface area contributed by atoms with Gasteiger partial charge in [-0.3, -0.25) is 4.79 Å². The van der Waals surface area contributed by atoms with E-state index in [0.717, 1.165) is 16.5 Å². The maximum absolute atomic E-state index is 13.2. The number of halogens is 1. The lowest BCUT2D eigenvalue weighted by Crippen LogP contribution is -2.19. The highest BCUT2D eigenvalue weighted by molar-refractivity contribution is 6.34. The number of hydrogen-bond donors (Lipinski definition) is 2. The van der Waals surface area contributed by atoms with E-state index in [-0.39, 0.29) is 5.75 Å². The predicted molar refractivity (Wildman–Crippen MR) is 159 cm³/mol. The number of rotatable bonds is 9. The van der Waals surface area contributed by atoms with Gasteiger partial charge in [0.25, 0.3) is 5.91 Å². The van der Waals surface area contributed by atoms with Gasteiger partial charge in [-0.2, -0.15) is 5.10 Å². The summed E-state index contributed by atoms with van der Waals surface area (Å²) in [4.78, 5) is 29.1. The Morgan fingerprint density at radius 3 is 2.46 bits per heavy atom. The SMILES string of the molecule is CCOc1cc(C=NNC(=O)c2[nH]c3ccccc3c2-c2ccccc2Cl)ccc1OC(=O)c1ccc(OC)cc1. The van der Waals surface area contributed by atoms with Crippen molar-refractivity contribution in [3.8, 4) is 28.4 Å². The zero-order chi connectivity index (χ0) is 28.8. The minimum Gasteiger partial charge on any atom is -0.497 e. The average Bonchev–Trinajstić information content (AvgIpc) is 3.38. The summed E-state index contributed by atoms with van der Waals surface area (Å²) < 4.78 is 16.4. The topological polar surface area (TPSA) is 102 Å². The summed E-state index contributed by atoms with van der Waals surface area (Å²) in [5.74, 6) is 0.298. The molecule has 2 N–H and O–H groups in total. The number of carbonyl (C=O) groups excluding carboxylic acids is 2. The Labute approximate surface area is 241 Å². The summed E-state index contributed by atoms with van der Waals surface area (Å²) in [6.07, 6.45) is 1.48. The summed E-state index contributed by atoms with van der Waals surface area (Å²) in [7, 11) is 1.55. The zero-order valence-corrected chi connectivity index (χ0v) is 23.1. The van der Waals surface area contributed by atoms with Gasteiger partial charge in [0.2, 0.25) is 0 Å². The summed E-state index contributed by atoms with van der Waals surface area (Å²) in [6.45, 7) is 2.18. The van der Waals surface area contributed by atoms with E-state index in [4.69, 9.17) is 25.8 Å². The van der Waals surface area contributed by atoms with Crippen LogP contribution in [0.15, 0.2) is 96.1 Å². The summed E-state index contributed by atoms with van der Waals surface area (Å²) in [5, 5.41) is 5.55. The lowest BCUT2D eigenvalue weighted by Gasteiger charge is -2.11. The molecule has 0 radical (unpaired) electrons. The van der Waals surface area contributed by atoms with E-state index < -0.39 is 11.9 Å². The molecule has 5 rings (SSSR count). The van der Waals surface area contributed by atoms with Crippen LogP contribution in [0.4, 0.5) is 0 Å². The molecule has 1 heterocycles. The number of aromatic nitrogens is 1.